The summed E-state index contributed by atoms with van der Waals surface area (Å²) in [5.74, 6) is 1.12. The van der Waals surface area contributed by atoms with E-state index in [2.05, 4.69) is 4.98 Å². The molecule has 2 rings (SSSR count). The Morgan fingerprint density at radius 2 is 2.22 bits per heavy atom. The van der Waals surface area contributed by atoms with Crippen LogP contribution in [0.15, 0.2) is 18.3 Å². The van der Waals surface area contributed by atoms with Crippen LogP contribution in [0.3, 0.4) is 0 Å². The van der Waals surface area contributed by atoms with Crippen molar-refractivity contribution in [2.45, 2.75) is 26.0 Å². The normalized spacial score (nSPS) is 24.8. The van der Waals surface area contributed by atoms with Crippen LogP contribution >= 0.6 is 0 Å². The molecule has 2 heterocycles. The molecule has 0 aliphatic carbocycles. The molecular weight excluding hydrogens is 252 g/mol. The monoisotopic (exact) mass is 270 g/mol. The van der Waals surface area contributed by atoms with Crippen molar-refractivity contribution < 1.29 is 13.5 Å². The summed E-state index contributed by atoms with van der Waals surface area (Å²) in [6.07, 6.45) is 1.10. The summed E-state index contributed by atoms with van der Waals surface area (Å²) < 4.78 is 23.0. The molecule has 2 atom stereocenters. The third-order valence-electron chi connectivity index (χ3n) is 3.22. The number of aromatic nitrogens is 1. The third-order valence-corrected chi connectivity index (χ3v) is 5.01. The zero-order valence-corrected chi connectivity index (χ0v) is 11.4. The van der Waals surface area contributed by atoms with Crippen molar-refractivity contribution >= 4 is 15.7 Å². The van der Waals surface area contributed by atoms with Crippen molar-refractivity contribution in [2.24, 2.45) is 0 Å². The van der Waals surface area contributed by atoms with E-state index in [1.165, 1.54) is 0 Å². The highest BCUT2D eigenvalue weighted by molar-refractivity contribution is 7.91. The average molecular weight is 270 g/mol. The van der Waals surface area contributed by atoms with E-state index in [1.54, 1.807) is 13.1 Å². The lowest BCUT2D eigenvalue weighted by atomic mass is 10.2. The molecule has 6 heteroatoms. The van der Waals surface area contributed by atoms with Gasteiger partial charge in [0.25, 0.3) is 0 Å². The summed E-state index contributed by atoms with van der Waals surface area (Å²) in [7, 11) is -2.90. The minimum atomic E-state index is -2.90. The van der Waals surface area contributed by atoms with Crippen LogP contribution in [0.1, 0.15) is 25.5 Å². The number of hydrogen-bond acceptors (Lipinski definition) is 5. The van der Waals surface area contributed by atoms with Crippen LogP contribution in [0.5, 0.6) is 0 Å². The van der Waals surface area contributed by atoms with E-state index in [4.69, 9.17) is 0 Å². The van der Waals surface area contributed by atoms with E-state index in [9.17, 15) is 13.5 Å². The van der Waals surface area contributed by atoms with Crippen molar-refractivity contribution in [1.82, 2.24) is 4.98 Å². The van der Waals surface area contributed by atoms with Gasteiger partial charge >= 0.3 is 0 Å². The Hall–Kier alpha value is -1.14. The summed E-state index contributed by atoms with van der Waals surface area (Å²) in [4.78, 5) is 6.29. The Morgan fingerprint density at radius 3 is 2.72 bits per heavy atom. The lowest BCUT2D eigenvalue weighted by Crippen LogP contribution is -2.47. The molecule has 0 radical (unpaired) electrons. The second-order valence-electron chi connectivity index (χ2n) is 4.78. The predicted octanol–water partition coefficient (Wildman–Crippen LogP) is 0.758. The summed E-state index contributed by atoms with van der Waals surface area (Å²) >= 11 is 0. The number of sulfone groups is 1. The van der Waals surface area contributed by atoms with Gasteiger partial charge in [-0.1, -0.05) is 6.07 Å². The Bertz CT molecular complexity index is 511. The fourth-order valence-corrected chi connectivity index (χ4v) is 3.71. The highest BCUT2D eigenvalue weighted by atomic mass is 32.2. The molecule has 0 amide bonds. The van der Waals surface area contributed by atoms with Gasteiger partial charge in [-0.2, -0.15) is 0 Å². The summed E-state index contributed by atoms with van der Waals surface area (Å²) in [5.41, 5.74) is 0.760. The molecule has 18 heavy (non-hydrogen) atoms. The van der Waals surface area contributed by atoms with Crippen LogP contribution in [-0.2, 0) is 9.84 Å². The van der Waals surface area contributed by atoms with E-state index < -0.39 is 15.9 Å². The van der Waals surface area contributed by atoms with E-state index in [1.807, 2.05) is 24.0 Å². The molecule has 0 aromatic carbocycles. The van der Waals surface area contributed by atoms with E-state index >= 15 is 0 Å². The van der Waals surface area contributed by atoms with Crippen LogP contribution < -0.4 is 4.90 Å². The van der Waals surface area contributed by atoms with E-state index in [-0.39, 0.29) is 17.5 Å². The van der Waals surface area contributed by atoms with Gasteiger partial charge < -0.3 is 10.0 Å². The molecule has 1 aliphatic rings. The quantitative estimate of drug-likeness (QED) is 0.859. The summed E-state index contributed by atoms with van der Waals surface area (Å²) in [6.45, 7) is 4.05. The van der Waals surface area contributed by atoms with Gasteiger partial charge in [0, 0.05) is 18.8 Å². The van der Waals surface area contributed by atoms with Crippen molar-refractivity contribution in [1.29, 1.82) is 0 Å². The number of nitrogens with zero attached hydrogens (tertiary/aromatic N) is 2. The minimum Gasteiger partial charge on any atom is -0.389 e. The van der Waals surface area contributed by atoms with Crippen LogP contribution in [0.4, 0.5) is 5.82 Å². The molecule has 1 aliphatic heterocycles. The van der Waals surface area contributed by atoms with Gasteiger partial charge in [0.15, 0.2) is 9.84 Å². The summed E-state index contributed by atoms with van der Waals surface area (Å²) in [5, 5.41) is 9.41. The molecule has 0 spiro atoms. The first-order valence-corrected chi connectivity index (χ1v) is 7.82. The highest BCUT2D eigenvalue weighted by Crippen LogP contribution is 2.21. The lowest BCUT2D eigenvalue weighted by Gasteiger charge is -2.34. The minimum absolute atomic E-state index is 0.0614. The fourth-order valence-electron chi connectivity index (χ4n) is 2.15. The van der Waals surface area contributed by atoms with Crippen molar-refractivity contribution in [3.05, 3.63) is 23.9 Å². The number of pyridine rings is 1. The first-order valence-electron chi connectivity index (χ1n) is 6.00. The average Bonchev–Trinajstić information content (AvgIpc) is 2.28. The Balaban J connectivity index is 2.17. The SMILES string of the molecule is CC1CS(=O)(=O)CCN1c1ccc([C@H](C)O)cn1. The Labute approximate surface area is 107 Å². The van der Waals surface area contributed by atoms with E-state index in [0.29, 0.717) is 6.54 Å². The topological polar surface area (TPSA) is 70.5 Å². The molecule has 1 N–H and O–H groups in total. The molecule has 1 aromatic rings. The van der Waals surface area contributed by atoms with Crippen LogP contribution in [-0.4, -0.2) is 42.6 Å². The van der Waals surface area contributed by atoms with Gasteiger partial charge in [0.05, 0.1) is 17.6 Å². The Morgan fingerprint density at radius 1 is 1.50 bits per heavy atom. The smallest absolute Gasteiger partial charge is 0.154 e. The molecule has 1 unspecified atom stereocenters. The molecule has 100 valence electrons. The van der Waals surface area contributed by atoms with Gasteiger partial charge in [-0.25, -0.2) is 13.4 Å². The number of anilines is 1. The largest absolute Gasteiger partial charge is 0.389 e. The van der Waals surface area contributed by atoms with Crippen molar-refractivity contribution in [2.75, 3.05) is 23.0 Å². The third kappa shape index (κ3) is 2.81. The molecule has 1 fully saturated rings. The fraction of sp³-hybridized carbons (Fsp3) is 0.583. The van der Waals surface area contributed by atoms with Gasteiger partial charge in [-0.3, -0.25) is 0 Å². The van der Waals surface area contributed by atoms with Gasteiger partial charge in [0.1, 0.15) is 5.82 Å². The molecular formula is C12H18N2O3S. The molecule has 5 nitrogen and oxygen atoms in total. The zero-order chi connectivity index (χ0) is 13.3. The predicted molar refractivity (Wildman–Crippen MR) is 70.3 cm³/mol. The first kappa shape index (κ1) is 13.3. The maximum atomic E-state index is 11.5. The standard InChI is InChI=1S/C12H18N2O3S/c1-9-8-18(16,17)6-5-14(9)12-4-3-11(7-13-12)10(2)15/h3-4,7,9-10,15H,5-6,8H2,1-2H3/t9?,10-/m0/s1. The maximum absolute atomic E-state index is 11.5. The summed E-state index contributed by atoms with van der Waals surface area (Å²) in [6, 6.07) is 3.59. The van der Waals surface area contributed by atoms with E-state index in [0.717, 1.165) is 11.4 Å². The van der Waals surface area contributed by atoms with Crippen molar-refractivity contribution in [3.63, 3.8) is 0 Å². The van der Waals surface area contributed by atoms with Gasteiger partial charge in [-0.15, -0.1) is 0 Å². The lowest BCUT2D eigenvalue weighted by molar-refractivity contribution is 0.199. The van der Waals surface area contributed by atoms with Gasteiger partial charge in [-0.05, 0) is 25.5 Å². The van der Waals surface area contributed by atoms with Crippen LogP contribution in [0.25, 0.3) is 0 Å². The number of aliphatic hydroxyl groups excluding tert-OH is 1. The van der Waals surface area contributed by atoms with Gasteiger partial charge in [0.2, 0.25) is 0 Å². The second kappa shape index (κ2) is 4.85. The molecule has 0 saturated carbocycles. The maximum Gasteiger partial charge on any atom is 0.154 e. The first-order chi connectivity index (χ1) is 8.39. The number of rotatable bonds is 2. The Kier molecular flexibility index (Phi) is 3.59. The highest BCUT2D eigenvalue weighted by Gasteiger charge is 2.28. The molecule has 0 bridgehead atoms. The zero-order valence-electron chi connectivity index (χ0n) is 10.6. The molecule has 1 aromatic heterocycles. The van der Waals surface area contributed by atoms with Crippen LogP contribution in [0.2, 0.25) is 0 Å². The number of aliphatic hydroxyl groups is 1. The second-order valence-corrected chi connectivity index (χ2v) is 7.01. The number of hydrogen-bond donors (Lipinski definition) is 1. The van der Waals surface area contributed by atoms with Crippen molar-refractivity contribution in [3.8, 4) is 0 Å². The van der Waals surface area contributed by atoms with Crippen LogP contribution in [0, 0.1) is 0 Å². The molecule has 1 saturated heterocycles.